The summed E-state index contributed by atoms with van der Waals surface area (Å²) in [6.45, 7) is 1.64. The molecule has 1 N–H and O–H groups in total. The first-order valence-corrected chi connectivity index (χ1v) is 12.9. The number of benzene rings is 3. The first-order chi connectivity index (χ1) is 16.5. The quantitative estimate of drug-likeness (QED) is 0.325. The van der Waals surface area contributed by atoms with Gasteiger partial charge in [-0.25, -0.2) is 0 Å². The fourth-order valence-corrected chi connectivity index (χ4v) is 5.46. The third-order valence-corrected chi connectivity index (χ3v) is 7.04. The highest BCUT2D eigenvalue weighted by Crippen LogP contribution is 2.26. The molecule has 1 fully saturated rings. The molecule has 2 atom stereocenters. The van der Waals surface area contributed by atoms with Crippen molar-refractivity contribution in [2.75, 3.05) is 13.1 Å². The fourth-order valence-electron chi connectivity index (χ4n) is 4.72. The minimum Gasteiger partial charge on any atom is -0.335 e. The summed E-state index contributed by atoms with van der Waals surface area (Å²) in [5.41, 5.74) is 3.04. The van der Waals surface area contributed by atoms with E-state index in [4.69, 9.17) is 34.8 Å². The van der Waals surface area contributed by atoms with Crippen molar-refractivity contribution in [3.8, 4) is 0 Å². The normalized spacial score (nSPS) is 18.1. The summed E-state index contributed by atoms with van der Waals surface area (Å²) in [5.74, 6) is -0.00950. The molecule has 0 unspecified atom stereocenters. The van der Waals surface area contributed by atoms with Gasteiger partial charge in [0.25, 0.3) is 5.91 Å². The SMILES string of the molecule is O=C(c1cc(Cl)cc(Cl)c1)N1CC[C@H](NCCCc2cccc(Cl)c2)C[C@H]1Cc1ccccc1. The molecule has 0 spiro atoms. The van der Waals surface area contributed by atoms with Gasteiger partial charge in [0.15, 0.2) is 0 Å². The topological polar surface area (TPSA) is 32.3 Å². The van der Waals surface area contributed by atoms with Crippen molar-refractivity contribution in [3.05, 3.63) is 105 Å². The van der Waals surface area contributed by atoms with Crippen molar-refractivity contribution in [2.24, 2.45) is 0 Å². The van der Waals surface area contributed by atoms with E-state index >= 15 is 0 Å². The van der Waals surface area contributed by atoms with Crippen molar-refractivity contribution in [1.29, 1.82) is 0 Å². The number of carbonyl (C=O) groups is 1. The van der Waals surface area contributed by atoms with Crippen LogP contribution in [0.3, 0.4) is 0 Å². The number of rotatable bonds is 8. The Balaban J connectivity index is 1.40. The Hall–Kier alpha value is -2.04. The second-order valence-electron chi connectivity index (χ2n) is 8.91. The van der Waals surface area contributed by atoms with Gasteiger partial charge in [0.2, 0.25) is 0 Å². The maximum Gasteiger partial charge on any atom is 0.254 e. The average molecular weight is 516 g/mol. The molecule has 3 nitrogen and oxygen atoms in total. The van der Waals surface area contributed by atoms with Gasteiger partial charge in [-0.1, -0.05) is 77.3 Å². The first kappa shape index (κ1) is 25.1. The molecule has 0 aromatic heterocycles. The molecule has 1 aliphatic rings. The van der Waals surface area contributed by atoms with Crippen molar-refractivity contribution in [3.63, 3.8) is 0 Å². The lowest BCUT2D eigenvalue weighted by Gasteiger charge is -2.40. The smallest absolute Gasteiger partial charge is 0.254 e. The van der Waals surface area contributed by atoms with Gasteiger partial charge in [-0.15, -0.1) is 0 Å². The van der Waals surface area contributed by atoms with Crippen molar-refractivity contribution in [1.82, 2.24) is 10.2 Å². The molecular formula is C28H29Cl3N2O. The molecule has 34 heavy (non-hydrogen) atoms. The Kier molecular flexibility index (Phi) is 8.91. The highest BCUT2D eigenvalue weighted by Gasteiger charge is 2.32. The van der Waals surface area contributed by atoms with Gasteiger partial charge >= 0.3 is 0 Å². The van der Waals surface area contributed by atoms with Crippen LogP contribution in [0.4, 0.5) is 0 Å². The zero-order valence-corrected chi connectivity index (χ0v) is 21.3. The first-order valence-electron chi connectivity index (χ1n) is 11.8. The highest BCUT2D eigenvalue weighted by atomic mass is 35.5. The molecule has 4 rings (SSSR count). The molecule has 3 aromatic carbocycles. The number of halogens is 3. The second-order valence-corrected chi connectivity index (χ2v) is 10.2. The predicted octanol–water partition coefficient (Wildman–Crippen LogP) is 7.09. The zero-order valence-electron chi connectivity index (χ0n) is 19.0. The van der Waals surface area contributed by atoms with E-state index in [1.54, 1.807) is 18.2 Å². The molecule has 1 aliphatic heterocycles. The molecule has 1 saturated heterocycles. The predicted molar refractivity (Wildman–Crippen MR) is 142 cm³/mol. The second kappa shape index (κ2) is 12.1. The van der Waals surface area contributed by atoms with Crippen molar-refractivity contribution < 1.29 is 4.79 Å². The lowest BCUT2D eigenvalue weighted by atomic mass is 9.91. The Bertz CT molecular complexity index is 1090. The van der Waals surface area contributed by atoms with Crippen LogP contribution in [-0.4, -0.2) is 36.0 Å². The molecule has 1 heterocycles. The molecule has 178 valence electrons. The maximum absolute atomic E-state index is 13.4. The number of likely N-dealkylation sites (tertiary alicyclic amines) is 1. The van der Waals surface area contributed by atoms with E-state index in [0.29, 0.717) is 28.2 Å². The van der Waals surface area contributed by atoms with Crippen LogP contribution in [0, 0.1) is 0 Å². The molecule has 0 radical (unpaired) electrons. The molecule has 0 aliphatic carbocycles. The van der Waals surface area contributed by atoms with Crippen LogP contribution < -0.4 is 5.32 Å². The van der Waals surface area contributed by atoms with Crippen LogP contribution in [0.25, 0.3) is 0 Å². The van der Waals surface area contributed by atoms with E-state index in [9.17, 15) is 4.79 Å². The van der Waals surface area contributed by atoms with Gasteiger partial charge in [-0.3, -0.25) is 4.79 Å². The Morgan fingerprint density at radius 3 is 2.35 bits per heavy atom. The summed E-state index contributed by atoms with van der Waals surface area (Å²) in [6.07, 6.45) is 4.69. The van der Waals surface area contributed by atoms with Crippen LogP contribution in [-0.2, 0) is 12.8 Å². The van der Waals surface area contributed by atoms with Gasteiger partial charge in [0.05, 0.1) is 0 Å². The number of amides is 1. The molecule has 0 saturated carbocycles. The number of hydrogen-bond acceptors (Lipinski definition) is 2. The Morgan fingerprint density at radius 1 is 0.882 bits per heavy atom. The minimum atomic E-state index is -0.00950. The van der Waals surface area contributed by atoms with Crippen LogP contribution in [0.1, 0.15) is 40.7 Å². The van der Waals surface area contributed by atoms with E-state index in [-0.39, 0.29) is 11.9 Å². The number of aryl methyl sites for hydroxylation is 1. The van der Waals surface area contributed by atoms with E-state index < -0.39 is 0 Å². The summed E-state index contributed by atoms with van der Waals surface area (Å²) in [5, 5.41) is 5.47. The fraction of sp³-hybridized carbons (Fsp3) is 0.321. The number of nitrogens with one attached hydrogen (secondary N) is 1. The number of nitrogens with zero attached hydrogens (tertiary/aromatic N) is 1. The van der Waals surface area contributed by atoms with Crippen molar-refractivity contribution >= 4 is 40.7 Å². The summed E-state index contributed by atoms with van der Waals surface area (Å²) >= 11 is 18.4. The lowest BCUT2D eigenvalue weighted by molar-refractivity contribution is 0.0577. The minimum absolute atomic E-state index is 0.00950. The maximum atomic E-state index is 13.4. The van der Waals surface area contributed by atoms with Crippen LogP contribution in [0.2, 0.25) is 15.1 Å². The number of hydrogen-bond donors (Lipinski definition) is 1. The largest absolute Gasteiger partial charge is 0.335 e. The highest BCUT2D eigenvalue weighted by molar-refractivity contribution is 6.35. The average Bonchev–Trinajstić information content (AvgIpc) is 2.82. The Labute approximate surface area is 217 Å². The van der Waals surface area contributed by atoms with Crippen LogP contribution in [0.5, 0.6) is 0 Å². The monoisotopic (exact) mass is 514 g/mol. The van der Waals surface area contributed by atoms with Gasteiger partial charge in [-0.2, -0.15) is 0 Å². The standard InChI is InChI=1S/C28H29Cl3N2O/c29-23-10-4-8-20(14-23)9-5-12-32-26-11-13-33(27(19-26)15-21-6-2-1-3-7-21)28(34)22-16-24(30)18-25(31)17-22/h1-4,6-8,10,14,16-18,26-27,32H,5,9,11-13,15,19H2/t26-,27+/m0/s1. The van der Waals surface area contributed by atoms with Crippen LogP contribution >= 0.6 is 34.8 Å². The van der Waals surface area contributed by atoms with E-state index in [1.165, 1.54) is 11.1 Å². The summed E-state index contributed by atoms with van der Waals surface area (Å²) in [6, 6.07) is 24.0. The number of carbonyl (C=O) groups excluding carboxylic acids is 1. The molecule has 3 aromatic rings. The summed E-state index contributed by atoms with van der Waals surface area (Å²) in [4.78, 5) is 15.4. The van der Waals surface area contributed by atoms with Crippen LogP contribution in [0.15, 0.2) is 72.8 Å². The van der Waals surface area contributed by atoms with Gasteiger partial charge in [0.1, 0.15) is 0 Å². The van der Waals surface area contributed by atoms with Gasteiger partial charge < -0.3 is 10.2 Å². The zero-order chi connectivity index (χ0) is 23.9. The molecule has 6 heteroatoms. The van der Waals surface area contributed by atoms with Gasteiger partial charge in [0, 0.05) is 39.3 Å². The lowest BCUT2D eigenvalue weighted by Crippen LogP contribution is -2.52. The van der Waals surface area contributed by atoms with E-state index in [1.807, 2.05) is 41.3 Å². The molecule has 0 bridgehead atoms. The van der Waals surface area contributed by atoms with E-state index in [2.05, 4.69) is 23.5 Å². The van der Waals surface area contributed by atoms with E-state index in [0.717, 1.165) is 43.7 Å². The van der Waals surface area contributed by atoms with Gasteiger partial charge in [-0.05, 0) is 80.1 Å². The molecule has 1 amide bonds. The number of piperidine rings is 1. The third-order valence-electron chi connectivity index (χ3n) is 6.36. The molecular weight excluding hydrogens is 487 g/mol. The van der Waals surface area contributed by atoms with Crippen molar-refractivity contribution in [2.45, 2.75) is 44.2 Å². The summed E-state index contributed by atoms with van der Waals surface area (Å²) < 4.78 is 0. The summed E-state index contributed by atoms with van der Waals surface area (Å²) in [7, 11) is 0. The third kappa shape index (κ3) is 6.99. The Morgan fingerprint density at radius 2 is 1.62 bits per heavy atom.